The minimum absolute atomic E-state index is 0.125. The molecule has 0 fully saturated rings. The van der Waals surface area contributed by atoms with Gasteiger partial charge in [-0.3, -0.25) is 9.35 Å². The van der Waals surface area contributed by atoms with Gasteiger partial charge in [-0.1, -0.05) is 0 Å². The number of carboxylic acid groups (broad SMARTS) is 1. The van der Waals surface area contributed by atoms with Crippen LogP contribution < -0.4 is 0 Å². The zero-order valence-corrected chi connectivity index (χ0v) is 7.31. The van der Waals surface area contributed by atoms with Gasteiger partial charge in [0.25, 0.3) is 16.6 Å². The average molecular weight is 222 g/mol. The third-order valence-electron chi connectivity index (χ3n) is 0.238. The van der Waals surface area contributed by atoms with Crippen LogP contribution >= 0.6 is 0 Å². The fourth-order valence-electron chi connectivity index (χ4n) is 0. The summed E-state index contributed by atoms with van der Waals surface area (Å²) in [5.41, 5.74) is 0. The van der Waals surface area contributed by atoms with E-state index in [0.29, 0.717) is 0 Å². The van der Waals surface area contributed by atoms with Crippen molar-refractivity contribution in [3.05, 3.63) is 0 Å². The number of rotatable bonds is 2. The minimum Gasteiger partial charge on any atom is -0.483 e. The topological polar surface area (TPSA) is 132 Å². The summed E-state index contributed by atoms with van der Waals surface area (Å²) in [6, 6.07) is -1.70. The van der Waals surface area contributed by atoms with Gasteiger partial charge in [0.1, 0.15) is 0 Å². The lowest BCUT2D eigenvalue weighted by molar-refractivity contribution is -0.122. The van der Waals surface area contributed by atoms with Gasteiger partial charge in [-0.05, 0) is 0 Å². The molecule has 0 amide bonds. The lowest BCUT2D eigenvalue weighted by Gasteiger charge is -1.77. The number of alkyl halides is 1. The van der Waals surface area contributed by atoms with E-state index in [0.717, 1.165) is 0 Å². The Bertz CT molecular complexity index is 175. The highest BCUT2D eigenvalue weighted by Gasteiger charge is 1.97. The Hall–Kier alpha value is -0.770. The molecule has 0 bridgehead atoms. The zero-order chi connectivity index (χ0) is 11.3. The highest BCUT2D eigenvalue weighted by molar-refractivity contribution is 7.85. The van der Waals surface area contributed by atoms with Gasteiger partial charge in [0.05, 0.1) is 13.2 Å². The molecule has 82 valence electrons. The molecule has 0 rings (SSSR count). The van der Waals surface area contributed by atoms with Crippen molar-refractivity contribution in [3.8, 4) is 0 Å². The Morgan fingerprint density at radius 3 is 1.38 bits per heavy atom. The van der Waals surface area contributed by atoms with Crippen molar-refractivity contribution in [1.29, 1.82) is 0 Å². The number of aliphatic hydroxyl groups excluding tert-OH is 2. The van der Waals surface area contributed by atoms with Crippen LogP contribution in [0, 0.1) is 0 Å². The quantitative estimate of drug-likeness (QED) is 0.329. The highest BCUT2D eigenvalue weighted by atomic mass is 32.2. The van der Waals surface area contributed by atoms with Gasteiger partial charge in [-0.25, -0.2) is 4.39 Å². The van der Waals surface area contributed by atoms with Crippen molar-refractivity contribution in [2.24, 2.45) is 0 Å². The zero-order valence-electron chi connectivity index (χ0n) is 6.50. The maximum absolute atomic E-state index is 10.7. The van der Waals surface area contributed by atoms with Gasteiger partial charge in [0, 0.05) is 0 Å². The van der Waals surface area contributed by atoms with E-state index in [1.54, 1.807) is 0 Å². The third-order valence-corrected chi connectivity index (χ3v) is 0.514. The standard InChI is InChI=1S/C2H6O2.CH3FO3S.CH2O2/c3-1-2-4;2-1-6(3,4)5;2-1-3/h3-4H,1-2H2;1H2,(H,3,4,5);1H,(H,2,3). The van der Waals surface area contributed by atoms with Crippen molar-refractivity contribution in [1.82, 2.24) is 0 Å². The molecule has 0 atom stereocenters. The Kier molecular flexibility index (Phi) is 19.2. The Morgan fingerprint density at radius 1 is 1.23 bits per heavy atom. The monoisotopic (exact) mass is 222 g/mol. The first-order chi connectivity index (χ1) is 5.89. The lowest BCUT2D eigenvalue weighted by atomic mass is 10.8. The number of aliphatic hydroxyl groups is 2. The molecule has 0 unspecified atom stereocenters. The number of hydrogen-bond acceptors (Lipinski definition) is 5. The molecule has 0 aliphatic rings. The van der Waals surface area contributed by atoms with E-state index >= 15 is 0 Å². The molecule has 0 aliphatic heterocycles. The van der Waals surface area contributed by atoms with Gasteiger partial charge in [-0.2, -0.15) is 8.42 Å². The predicted octanol–water partition coefficient (Wildman–Crippen LogP) is -1.53. The van der Waals surface area contributed by atoms with Crippen LogP contribution in [0.4, 0.5) is 4.39 Å². The smallest absolute Gasteiger partial charge is 0.294 e. The molecule has 0 saturated carbocycles. The summed E-state index contributed by atoms with van der Waals surface area (Å²) >= 11 is 0. The van der Waals surface area contributed by atoms with Crippen LogP contribution in [0.25, 0.3) is 0 Å². The summed E-state index contributed by atoms with van der Waals surface area (Å²) < 4.78 is 36.4. The molecular formula is C4H11FO7S. The van der Waals surface area contributed by atoms with Crippen molar-refractivity contribution in [3.63, 3.8) is 0 Å². The van der Waals surface area contributed by atoms with Crippen molar-refractivity contribution in [2.75, 3.05) is 19.2 Å². The molecule has 7 nitrogen and oxygen atoms in total. The van der Waals surface area contributed by atoms with Crippen LogP contribution in [0.5, 0.6) is 0 Å². The lowest BCUT2D eigenvalue weighted by Crippen LogP contribution is -1.96. The Balaban J connectivity index is -0.000000125. The molecule has 0 aliphatic carbocycles. The van der Waals surface area contributed by atoms with Crippen LogP contribution in [0.3, 0.4) is 0 Å². The Labute approximate surface area is 74.2 Å². The minimum atomic E-state index is -4.33. The van der Waals surface area contributed by atoms with Gasteiger partial charge in [0.2, 0.25) is 6.01 Å². The second-order valence-corrected chi connectivity index (χ2v) is 2.63. The van der Waals surface area contributed by atoms with Crippen LogP contribution in [0.1, 0.15) is 0 Å². The molecule has 4 N–H and O–H groups in total. The fourth-order valence-corrected chi connectivity index (χ4v) is 0. The molecule has 0 radical (unpaired) electrons. The Morgan fingerprint density at radius 2 is 1.38 bits per heavy atom. The fraction of sp³-hybridized carbons (Fsp3) is 0.750. The first kappa shape index (κ1) is 18.1. The molecule has 0 spiro atoms. The molecule has 0 aromatic rings. The van der Waals surface area contributed by atoms with Crippen molar-refractivity contribution >= 4 is 16.6 Å². The second kappa shape index (κ2) is 13.8. The van der Waals surface area contributed by atoms with Crippen LogP contribution in [0.15, 0.2) is 0 Å². The summed E-state index contributed by atoms with van der Waals surface area (Å²) in [5, 5.41) is 22.1. The third kappa shape index (κ3) is 91.7. The van der Waals surface area contributed by atoms with Crippen LogP contribution in [-0.4, -0.2) is 54.0 Å². The summed E-state index contributed by atoms with van der Waals surface area (Å²) in [6.07, 6.45) is 0. The molecule has 9 heteroatoms. The largest absolute Gasteiger partial charge is 0.483 e. The maximum atomic E-state index is 10.7. The van der Waals surface area contributed by atoms with E-state index in [1.165, 1.54) is 0 Å². The van der Waals surface area contributed by atoms with Crippen molar-refractivity contribution < 1.29 is 37.5 Å². The SMILES string of the molecule is O=CO.O=S(=O)(O)CF.OCCO. The summed E-state index contributed by atoms with van der Waals surface area (Å²) in [4.78, 5) is 8.36. The summed E-state index contributed by atoms with van der Waals surface area (Å²) in [5.74, 6) is 0. The van der Waals surface area contributed by atoms with E-state index in [9.17, 15) is 12.8 Å². The first-order valence-corrected chi connectivity index (χ1v) is 4.31. The molecule has 13 heavy (non-hydrogen) atoms. The highest BCUT2D eigenvalue weighted by Crippen LogP contribution is 1.77. The van der Waals surface area contributed by atoms with Crippen LogP contribution in [0.2, 0.25) is 0 Å². The number of carbonyl (C=O) groups is 1. The van der Waals surface area contributed by atoms with E-state index in [-0.39, 0.29) is 19.7 Å². The number of halogens is 1. The van der Waals surface area contributed by atoms with Gasteiger partial charge in [0.15, 0.2) is 0 Å². The second-order valence-electron chi connectivity index (χ2n) is 1.24. The molecular weight excluding hydrogens is 211 g/mol. The molecule has 0 saturated heterocycles. The first-order valence-electron chi connectivity index (χ1n) is 2.70. The van der Waals surface area contributed by atoms with Crippen LogP contribution in [-0.2, 0) is 14.9 Å². The molecule has 0 aromatic carbocycles. The predicted molar refractivity (Wildman–Crippen MR) is 40.4 cm³/mol. The van der Waals surface area contributed by atoms with E-state index in [4.69, 9.17) is 24.7 Å². The normalized spacial score (nSPS) is 8.62. The summed E-state index contributed by atoms with van der Waals surface area (Å²) in [6.45, 7) is -0.500. The van der Waals surface area contributed by atoms with Gasteiger partial charge >= 0.3 is 0 Å². The average Bonchev–Trinajstić information content (AvgIpc) is 2.05. The van der Waals surface area contributed by atoms with Crippen molar-refractivity contribution in [2.45, 2.75) is 0 Å². The van der Waals surface area contributed by atoms with Gasteiger partial charge < -0.3 is 15.3 Å². The molecule has 0 heterocycles. The maximum Gasteiger partial charge on any atom is 0.294 e. The molecule has 0 aromatic heterocycles. The summed E-state index contributed by atoms with van der Waals surface area (Å²) in [7, 11) is -4.33. The number of hydrogen-bond donors (Lipinski definition) is 4. The van der Waals surface area contributed by atoms with E-state index < -0.39 is 16.1 Å². The van der Waals surface area contributed by atoms with E-state index in [1.807, 2.05) is 0 Å². The van der Waals surface area contributed by atoms with Gasteiger partial charge in [-0.15, -0.1) is 0 Å². The van der Waals surface area contributed by atoms with E-state index in [2.05, 4.69) is 0 Å².